The van der Waals surface area contributed by atoms with Crippen molar-refractivity contribution >= 4 is 0 Å². The van der Waals surface area contributed by atoms with E-state index in [0.717, 1.165) is 121 Å². The minimum atomic E-state index is 1.00. The molecular weight excluding hydrogens is 1380 g/mol. The number of hydrogen-bond donors (Lipinski definition) is 0. The summed E-state index contributed by atoms with van der Waals surface area (Å²) in [4.78, 5) is 0. The van der Waals surface area contributed by atoms with Crippen LogP contribution in [0.3, 0.4) is 0 Å². The molecule has 0 heteroatoms. The smallest absolute Gasteiger partial charge is 0.0305 e. The molecule has 0 aromatic heterocycles. The molecule has 0 heterocycles. The van der Waals surface area contributed by atoms with Gasteiger partial charge in [0.15, 0.2) is 0 Å². The second-order valence-electron chi connectivity index (χ2n) is 38.0. The molecular formula is C115H194. The van der Waals surface area contributed by atoms with E-state index in [0.29, 0.717) is 0 Å². The predicted octanol–water partition coefficient (Wildman–Crippen LogP) is 37.1. The van der Waals surface area contributed by atoms with Crippen LogP contribution in [0.4, 0.5) is 0 Å². The summed E-state index contributed by atoms with van der Waals surface area (Å²) in [6.07, 6.45) is 55.6. The van der Waals surface area contributed by atoms with Crippen molar-refractivity contribution in [3.8, 4) is 0 Å². The summed E-state index contributed by atoms with van der Waals surface area (Å²) >= 11 is 0. The molecule has 0 aliphatic heterocycles. The molecule has 7 fully saturated rings. The third-order valence-corrected chi connectivity index (χ3v) is 27.6. The Morgan fingerprint density at radius 1 is 0.217 bits per heavy atom. The average Bonchev–Trinajstić information content (AvgIpc) is 1.39. The molecule has 0 spiro atoms. The number of rotatable bonds is 12. The van der Waals surface area contributed by atoms with Crippen molar-refractivity contribution in [3.05, 3.63) is 212 Å². The molecule has 0 amide bonds. The molecule has 7 aliphatic rings. The highest BCUT2D eigenvalue weighted by atomic mass is 14.3. The highest BCUT2D eigenvalue weighted by Crippen LogP contribution is 2.36. The van der Waals surface area contributed by atoms with Crippen molar-refractivity contribution in [3.63, 3.8) is 0 Å². The molecule has 10 atom stereocenters. The van der Waals surface area contributed by atoms with Crippen LogP contribution in [0.2, 0.25) is 0 Å². The Kier molecular flexibility index (Phi) is 65.0. The maximum absolute atomic E-state index is 2.38. The predicted molar refractivity (Wildman–Crippen MR) is 524 cm³/mol. The zero-order valence-corrected chi connectivity index (χ0v) is 81.5. The Labute approximate surface area is 721 Å². The summed E-state index contributed by atoms with van der Waals surface area (Å²) in [5, 5.41) is 0. The van der Waals surface area contributed by atoms with Crippen LogP contribution in [0.5, 0.6) is 0 Å². The topological polar surface area (TPSA) is 0 Å². The van der Waals surface area contributed by atoms with Crippen molar-refractivity contribution in [2.45, 2.75) is 430 Å². The van der Waals surface area contributed by atoms with E-state index in [4.69, 9.17) is 0 Å². The zero-order valence-electron chi connectivity index (χ0n) is 81.5. The van der Waals surface area contributed by atoms with Crippen LogP contribution in [-0.4, -0.2) is 0 Å². The van der Waals surface area contributed by atoms with Gasteiger partial charge in [0, 0.05) is 0 Å². The molecule has 0 nitrogen and oxygen atoms in total. The van der Waals surface area contributed by atoms with E-state index >= 15 is 0 Å². The van der Waals surface area contributed by atoms with Crippen molar-refractivity contribution in [1.82, 2.24) is 0 Å². The van der Waals surface area contributed by atoms with Gasteiger partial charge in [0.1, 0.15) is 0 Å². The van der Waals surface area contributed by atoms with Crippen LogP contribution in [0, 0.1) is 124 Å². The molecule has 654 valence electrons. The molecule has 0 radical (unpaired) electrons. The van der Waals surface area contributed by atoms with Gasteiger partial charge >= 0.3 is 0 Å². The van der Waals surface area contributed by atoms with Crippen molar-refractivity contribution in [2.75, 3.05) is 0 Å². The second-order valence-corrected chi connectivity index (χ2v) is 38.0. The summed E-state index contributed by atoms with van der Waals surface area (Å²) in [5.41, 5.74) is 16.8. The molecule has 7 saturated carbocycles. The summed E-state index contributed by atoms with van der Waals surface area (Å²) < 4.78 is 0. The summed E-state index contributed by atoms with van der Waals surface area (Å²) in [7, 11) is 0. The van der Waals surface area contributed by atoms with E-state index in [1.807, 2.05) is 0 Å². The number of hydrogen-bond acceptors (Lipinski definition) is 0. The lowest BCUT2D eigenvalue weighted by atomic mass is 9.77. The monoisotopic (exact) mass is 1580 g/mol. The fraction of sp³-hybridized carbons (Fsp3) is 0.687. The maximum Gasteiger partial charge on any atom is -0.0305 e. The van der Waals surface area contributed by atoms with E-state index in [9.17, 15) is 0 Å². The van der Waals surface area contributed by atoms with Crippen LogP contribution >= 0.6 is 0 Å². The Hall–Kier alpha value is -4.68. The van der Waals surface area contributed by atoms with Crippen LogP contribution in [0.15, 0.2) is 146 Å². The third kappa shape index (κ3) is 54.3. The second kappa shape index (κ2) is 69.0. The number of benzene rings is 6. The molecule has 10 unspecified atom stereocenters. The van der Waals surface area contributed by atoms with E-state index in [1.165, 1.54) is 279 Å². The van der Waals surface area contributed by atoms with Gasteiger partial charge < -0.3 is 0 Å². The lowest BCUT2D eigenvalue weighted by Crippen LogP contribution is -2.17. The summed E-state index contributed by atoms with van der Waals surface area (Å²) in [6.45, 7) is 58.7. The maximum atomic E-state index is 2.38. The quantitative estimate of drug-likeness (QED) is 0.115. The van der Waals surface area contributed by atoms with E-state index in [-0.39, 0.29) is 0 Å². The molecule has 6 aromatic carbocycles. The Morgan fingerprint density at radius 3 is 0.800 bits per heavy atom. The van der Waals surface area contributed by atoms with Crippen molar-refractivity contribution < 1.29 is 0 Å². The van der Waals surface area contributed by atoms with Crippen molar-refractivity contribution in [2.24, 2.45) is 82.9 Å². The van der Waals surface area contributed by atoms with E-state index < -0.39 is 0 Å². The average molecular weight is 1580 g/mol. The minimum Gasteiger partial charge on any atom is -0.0651 e. The fourth-order valence-corrected chi connectivity index (χ4v) is 18.1. The first kappa shape index (κ1) is 108. The molecule has 0 N–H and O–H groups in total. The van der Waals surface area contributed by atoms with Gasteiger partial charge in [-0.2, -0.15) is 0 Å². The van der Waals surface area contributed by atoms with Crippen molar-refractivity contribution in [1.29, 1.82) is 0 Å². The lowest BCUT2D eigenvalue weighted by Gasteiger charge is -2.29. The largest absolute Gasteiger partial charge is 0.0651 e. The minimum absolute atomic E-state index is 1.00. The normalized spacial score (nSPS) is 24.3. The lowest BCUT2D eigenvalue weighted by molar-refractivity contribution is 0.224. The Bertz CT molecular complexity index is 2930. The first-order chi connectivity index (χ1) is 55.3. The van der Waals surface area contributed by atoms with Gasteiger partial charge in [0.25, 0.3) is 0 Å². The molecule has 0 saturated heterocycles. The van der Waals surface area contributed by atoms with Crippen LogP contribution in [0.25, 0.3) is 0 Å². The van der Waals surface area contributed by atoms with Gasteiger partial charge in [-0.1, -0.05) is 499 Å². The molecule has 6 aromatic rings. The SMILES string of the molecule is CC1CCC(C)C1.CC1CCC(C)CC1.CC1CCCC(C)C1.CC1CCCCC1C.CCC1CCC(CC)CC1.CCC1CCCC(CC)C1.CCC1CCCCC1CC.CCc1ccc(CC)cc1.CCc1cccc(CC)c1.CCc1ccccc1CC.Cc1ccc(C)cc1.Cc1cccc(C)c1.Cc1ccccc1C. The van der Waals surface area contributed by atoms with E-state index in [2.05, 4.69) is 326 Å². The van der Waals surface area contributed by atoms with Crippen LogP contribution in [-0.2, 0) is 38.5 Å². The molecule has 13 rings (SSSR count). The fourth-order valence-electron chi connectivity index (χ4n) is 18.1. The first-order valence-corrected chi connectivity index (χ1v) is 49.6. The standard InChI is InChI=1S/C10H20.C10H14.C10H20.C10H14.C10H20.C10H14.C8H16.C8H10.C8H16.C8H10.C8H16.C8H10.C7H14/c2*1-3-9-5-7-10(4-2)8-6-9;2*1-3-9-6-5-7-10(4-2)8-9;2*1-3-9-7-5-6-8-10(9)4-2;2*1-7-3-5-8(2)6-4-7;2*1-7-4-3-5-8(2)6-7;2*1-7-5-3-4-6-8(7)2;1-6-3-4-7(2)5-6/h9-10H,3-8H2,1-2H3;5-8H,3-4H2,1-2H3;9-10H,3-8H2,1-2H3;5-8H,3-4H2,1-2H3;9-10H,3-8H2,1-2H3;5-8H,3-4H2,1-2H3;7-8H,3-6H2,1-2H3;3-6H,1-2H3;7-8H,3-6H2,1-2H3;3-6H,1-2H3;7-8H,3-6H2,1-2H3;3-6H,1-2H3;6-7H,3-5H2,1-2H3. The van der Waals surface area contributed by atoms with Gasteiger partial charge in [0.05, 0.1) is 0 Å². The van der Waals surface area contributed by atoms with Gasteiger partial charge in [0.2, 0.25) is 0 Å². The molecule has 7 aliphatic carbocycles. The van der Waals surface area contributed by atoms with Gasteiger partial charge in [-0.05, 0) is 227 Å². The third-order valence-electron chi connectivity index (χ3n) is 27.6. The molecule has 115 heavy (non-hydrogen) atoms. The number of aryl methyl sites for hydroxylation is 12. The van der Waals surface area contributed by atoms with Crippen LogP contribution in [0.1, 0.15) is 417 Å². The van der Waals surface area contributed by atoms with Gasteiger partial charge in [-0.3, -0.25) is 0 Å². The highest BCUT2D eigenvalue weighted by Gasteiger charge is 2.23. The Balaban J connectivity index is 0.000000624. The van der Waals surface area contributed by atoms with Crippen LogP contribution < -0.4 is 0 Å². The summed E-state index contributed by atoms with van der Waals surface area (Å²) in [6, 6.07) is 51.5. The van der Waals surface area contributed by atoms with E-state index in [1.54, 1.807) is 0 Å². The van der Waals surface area contributed by atoms with Gasteiger partial charge in [-0.15, -0.1) is 0 Å². The Morgan fingerprint density at radius 2 is 0.530 bits per heavy atom. The van der Waals surface area contributed by atoms with Gasteiger partial charge in [-0.25, -0.2) is 0 Å². The summed E-state index contributed by atoms with van der Waals surface area (Å²) in [5.74, 6) is 14.5. The molecule has 0 bridgehead atoms. The zero-order chi connectivity index (χ0) is 85.6. The highest BCUT2D eigenvalue weighted by molar-refractivity contribution is 5.28. The first-order valence-electron chi connectivity index (χ1n) is 49.6.